The first kappa shape index (κ1) is 20.7. The average Bonchev–Trinajstić information content (AvgIpc) is 2.82. The Labute approximate surface area is 184 Å². The molecule has 0 fully saturated rings. The molecule has 156 valence electrons. The van der Waals surface area contributed by atoms with E-state index in [-0.39, 0.29) is 12.0 Å². The van der Waals surface area contributed by atoms with Crippen LogP contribution in [0.15, 0.2) is 78.9 Å². The van der Waals surface area contributed by atoms with Gasteiger partial charge in [0.1, 0.15) is 5.82 Å². The van der Waals surface area contributed by atoms with Crippen LogP contribution >= 0.6 is 0 Å². The molecule has 0 saturated carbocycles. The van der Waals surface area contributed by atoms with Gasteiger partial charge in [0.25, 0.3) is 0 Å². The third kappa shape index (κ3) is 4.45. The molecule has 4 rings (SSSR count). The summed E-state index contributed by atoms with van der Waals surface area (Å²) in [6.45, 7) is 0. The Morgan fingerprint density at radius 1 is 1.00 bits per heavy atom. The highest BCUT2D eigenvalue weighted by molar-refractivity contribution is 5.96. The van der Waals surface area contributed by atoms with E-state index in [9.17, 15) is 14.4 Å². The number of nitrogens with zero attached hydrogens (tertiary/aromatic N) is 3. The van der Waals surface area contributed by atoms with Gasteiger partial charge in [-0.2, -0.15) is 5.26 Å². The first-order chi connectivity index (χ1) is 15.5. The van der Waals surface area contributed by atoms with Crippen molar-refractivity contribution in [2.24, 2.45) is 5.73 Å². The van der Waals surface area contributed by atoms with Gasteiger partial charge < -0.3 is 11.1 Å². The molecule has 1 amide bonds. The quantitative estimate of drug-likeness (QED) is 0.472. The number of nitrogens with one attached hydrogen (secondary N) is 1. The second-order valence-corrected chi connectivity index (χ2v) is 7.08. The normalized spacial score (nSPS) is 10.4. The summed E-state index contributed by atoms with van der Waals surface area (Å²) in [5.41, 5.74) is 9.52. The Morgan fingerprint density at radius 2 is 1.81 bits per heavy atom. The molecule has 4 aromatic rings. The van der Waals surface area contributed by atoms with Crippen LogP contribution in [0.25, 0.3) is 11.3 Å². The van der Waals surface area contributed by atoms with Gasteiger partial charge in [0.05, 0.1) is 17.3 Å². The largest absolute Gasteiger partial charge is 0.366 e. The monoisotopic (exact) mass is 423 g/mol. The number of anilines is 2. The maximum Gasteiger partial charge on any atom is 0.249 e. The molecule has 0 aliphatic heterocycles. The summed E-state index contributed by atoms with van der Waals surface area (Å²) < 4.78 is 13.5. The Morgan fingerprint density at radius 3 is 2.50 bits per heavy atom. The van der Waals surface area contributed by atoms with Crippen LogP contribution in [0.4, 0.5) is 15.9 Å². The lowest BCUT2D eigenvalue weighted by atomic mass is 9.94. The SMILES string of the molecule is N#Cc1cc(F)ccc1Cc1c(Nc2ccc(-c3ccccc3)nn2)cccc1C(N)=O. The number of primary amides is 1. The van der Waals surface area contributed by atoms with Crippen molar-refractivity contribution in [2.45, 2.75) is 6.42 Å². The fourth-order valence-corrected chi connectivity index (χ4v) is 3.42. The predicted octanol–water partition coefficient (Wildman–Crippen LogP) is 4.59. The molecule has 3 aromatic carbocycles. The second kappa shape index (κ2) is 9.06. The molecule has 0 saturated heterocycles. The highest BCUT2D eigenvalue weighted by Crippen LogP contribution is 2.28. The number of hydrogen-bond donors (Lipinski definition) is 2. The smallest absolute Gasteiger partial charge is 0.249 e. The van der Waals surface area contributed by atoms with Gasteiger partial charge in [-0.25, -0.2) is 4.39 Å². The van der Waals surface area contributed by atoms with E-state index in [0.29, 0.717) is 28.2 Å². The number of carbonyl (C=O) groups excluding carboxylic acids is 1. The molecule has 0 bridgehead atoms. The molecule has 0 unspecified atom stereocenters. The number of hydrogen-bond acceptors (Lipinski definition) is 5. The van der Waals surface area contributed by atoms with Crippen LogP contribution in [0.2, 0.25) is 0 Å². The van der Waals surface area contributed by atoms with Crippen LogP contribution in [0.1, 0.15) is 27.0 Å². The molecule has 1 aromatic heterocycles. The molecule has 3 N–H and O–H groups in total. The molecule has 7 heteroatoms. The van der Waals surface area contributed by atoms with Crippen molar-refractivity contribution in [3.05, 3.63) is 107 Å². The van der Waals surface area contributed by atoms with Crippen LogP contribution in [0.3, 0.4) is 0 Å². The van der Waals surface area contributed by atoms with Crippen LogP contribution < -0.4 is 11.1 Å². The molecule has 6 nitrogen and oxygen atoms in total. The zero-order valence-corrected chi connectivity index (χ0v) is 16.9. The molecular weight excluding hydrogens is 405 g/mol. The van der Waals surface area contributed by atoms with Crippen molar-refractivity contribution >= 4 is 17.4 Å². The van der Waals surface area contributed by atoms with E-state index in [1.54, 1.807) is 24.3 Å². The lowest BCUT2D eigenvalue weighted by Crippen LogP contribution is -2.15. The van der Waals surface area contributed by atoms with Gasteiger partial charge in [-0.05, 0) is 47.5 Å². The number of nitrogens with two attached hydrogens (primary N) is 1. The maximum absolute atomic E-state index is 13.5. The zero-order valence-electron chi connectivity index (χ0n) is 16.9. The zero-order chi connectivity index (χ0) is 22.5. The molecule has 0 aliphatic rings. The average molecular weight is 423 g/mol. The number of nitriles is 1. The van der Waals surface area contributed by atoms with Crippen LogP contribution in [-0.2, 0) is 6.42 Å². The number of rotatable bonds is 6. The van der Waals surface area contributed by atoms with Gasteiger partial charge in [-0.1, -0.05) is 42.5 Å². The minimum absolute atomic E-state index is 0.197. The molecule has 0 spiro atoms. The second-order valence-electron chi connectivity index (χ2n) is 7.08. The number of carbonyl (C=O) groups is 1. The maximum atomic E-state index is 13.5. The van der Waals surface area contributed by atoms with Crippen molar-refractivity contribution in [2.75, 3.05) is 5.32 Å². The van der Waals surface area contributed by atoms with Gasteiger partial charge in [0, 0.05) is 23.2 Å². The van der Waals surface area contributed by atoms with E-state index in [1.165, 1.54) is 18.2 Å². The first-order valence-corrected chi connectivity index (χ1v) is 9.81. The number of benzene rings is 3. The van der Waals surface area contributed by atoms with Crippen molar-refractivity contribution < 1.29 is 9.18 Å². The van der Waals surface area contributed by atoms with E-state index >= 15 is 0 Å². The van der Waals surface area contributed by atoms with Gasteiger partial charge in [0.15, 0.2) is 5.82 Å². The Bertz CT molecular complexity index is 1310. The Kier molecular flexibility index (Phi) is 5.86. The van der Waals surface area contributed by atoms with Crippen LogP contribution in [0.5, 0.6) is 0 Å². The highest BCUT2D eigenvalue weighted by atomic mass is 19.1. The van der Waals surface area contributed by atoms with Gasteiger partial charge in [-0.15, -0.1) is 10.2 Å². The molecule has 0 aliphatic carbocycles. The molecule has 0 atom stereocenters. The third-order valence-corrected chi connectivity index (χ3v) is 5.00. The molecule has 32 heavy (non-hydrogen) atoms. The predicted molar refractivity (Wildman–Crippen MR) is 120 cm³/mol. The van der Waals surface area contributed by atoms with Crippen molar-refractivity contribution in [3.8, 4) is 17.3 Å². The van der Waals surface area contributed by atoms with Crippen LogP contribution in [0, 0.1) is 17.1 Å². The van der Waals surface area contributed by atoms with E-state index in [2.05, 4.69) is 15.5 Å². The standard InChI is InChI=1S/C25H18FN5O/c26-19-10-9-17(18(13-19)15-27)14-21-20(25(28)32)7-4-8-23(21)29-24-12-11-22(30-31-24)16-5-2-1-3-6-16/h1-13H,14H2,(H2,28,32)(H,29,31). The van der Waals surface area contributed by atoms with E-state index in [1.807, 2.05) is 42.5 Å². The molecular formula is C25H18FN5O. The van der Waals surface area contributed by atoms with E-state index in [4.69, 9.17) is 5.73 Å². The lowest BCUT2D eigenvalue weighted by Gasteiger charge is -2.15. The Balaban J connectivity index is 1.68. The summed E-state index contributed by atoms with van der Waals surface area (Å²) in [7, 11) is 0. The summed E-state index contributed by atoms with van der Waals surface area (Å²) in [6.07, 6.45) is 0.208. The summed E-state index contributed by atoms with van der Waals surface area (Å²) >= 11 is 0. The van der Waals surface area contributed by atoms with Gasteiger partial charge in [-0.3, -0.25) is 4.79 Å². The van der Waals surface area contributed by atoms with E-state index in [0.717, 1.165) is 11.3 Å². The van der Waals surface area contributed by atoms with Crippen LogP contribution in [-0.4, -0.2) is 16.1 Å². The minimum atomic E-state index is -0.602. The fraction of sp³-hybridized carbons (Fsp3) is 0.0400. The highest BCUT2D eigenvalue weighted by Gasteiger charge is 2.16. The summed E-state index contributed by atoms with van der Waals surface area (Å²) in [5.74, 6) is -0.623. The molecule has 0 radical (unpaired) electrons. The lowest BCUT2D eigenvalue weighted by molar-refractivity contribution is 0.0999. The van der Waals surface area contributed by atoms with Crippen molar-refractivity contribution in [3.63, 3.8) is 0 Å². The third-order valence-electron chi connectivity index (χ3n) is 5.00. The van der Waals surface area contributed by atoms with Crippen molar-refractivity contribution in [1.29, 1.82) is 5.26 Å². The summed E-state index contributed by atoms with van der Waals surface area (Å²) in [6, 6.07) is 24.4. The minimum Gasteiger partial charge on any atom is -0.366 e. The summed E-state index contributed by atoms with van der Waals surface area (Å²) in [5, 5.41) is 21.1. The van der Waals surface area contributed by atoms with Crippen molar-refractivity contribution in [1.82, 2.24) is 10.2 Å². The number of aromatic nitrogens is 2. The Hall–Kier alpha value is -4.57. The number of amides is 1. The molecule has 1 heterocycles. The van der Waals surface area contributed by atoms with E-state index < -0.39 is 11.7 Å². The van der Waals surface area contributed by atoms with Gasteiger partial charge >= 0.3 is 0 Å². The van der Waals surface area contributed by atoms with Gasteiger partial charge in [0.2, 0.25) is 5.91 Å². The summed E-state index contributed by atoms with van der Waals surface area (Å²) in [4.78, 5) is 12.1. The topological polar surface area (TPSA) is 105 Å². The number of halogens is 1. The fourth-order valence-electron chi connectivity index (χ4n) is 3.42. The first-order valence-electron chi connectivity index (χ1n) is 9.81.